The van der Waals surface area contributed by atoms with Gasteiger partial charge in [-0.15, -0.1) is 37.2 Å². The highest BCUT2D eigenvalue weighted by atomic mass is 35.5. The number of hydrogen-bond acceptors (Lipinski definition) is 3. The number of H-pyrrole nitrogens is 1. The van der Waals surface area contributed by atoms with Crippen molar-refractivity contribution >= 4 is 37.2 Å². The summed E-state index contributed by atoms with van der Waals surface area (Å²) >= 11 is 0. The molecule has 1 atom stereocenters. The Kier molecular flexibility index (Phi) is 13.3. The van der Waals surface area contributed by atoms with Gasteiger partial charge in [0, 0.05) is 37.3 Å². The molecule has 0 amide bonds. The second-order valence-corrected chi connectivity index (χ2v) is 12.1. The average molecular weight is 664 g/mol. The largest absolute Gasteiger partial charge is 0.340 e. The van der Waals surface area contributed by atoms with E-state index < -0.39 is 0 Å². The molecule has 238 valence electrons. The summed E-state index contributed by atoms with van der Waals surface area (Å²) in [5.74, 6) is 1.36. The van der Waals surface area contributed by atoms with Crippen LogP contribution in [0.1, 0.15) is 53.9 Å². The first-order chi connectivity index (χ1) is 20.5. The van der Waals surface area contributed by atoms with Gasteiger partial charge in [0.05, 0.1) is 23.5 Å². The van der Waals surface area contributed by atoms with Gasteiger partial charge in [-0.2, -0.15) is 0 Å². The van der Waals surface area contributed by atoms with Crippen LogP contribution < -0.4 is 0 Å². The highest BCUT2D eigenvalue weighted by Gasteiger charge is 2.34. The maximum atomic E-state index is 5.24. The Balaban J connectivity index is 0.00000184. The summed E-state index contributed by atoms with van der Waals surface area (Å²) in [6.07, 6.45) is 0. The van der Waals surface area contributed by atoms with Crippen molar-refractivity contribution in [3.05, 3.63) is 137 Å². The number of hydrogen-bond donors (Lipinski definition) is 1. The smallest absolute Gasteiger partial charge is 0.138 e. The van der Waals surface area contributed by atoms with E-state index in [1.165, 1.54) is 33.5 Å². The van der Waals surface area contributed by atoms with Crippen LogP contribution in [0.2, 0.25) is 0 Å². The minimum absolute atomic E-state index is 0. The molecule has 4 aromatic carbocycles. The van der Waals surface area contributed by atoms with Crippen LogP contribution >= 0.6 is 37.2 Å². The number of aryl methyl sites for hydroxylation is 2. The van der Waals surface area contributed by atoms with E-state index in [-0.39, 0.29) is 49.3 Å². The topological polar surface area (TPSA) is 35.2 Å². The van der Waals surface area contributed by atoms with Crippen molar-refractivity contribution in [3.63, 3.8) is 0 Å². The van der Waals surface area contributed by atoms with E-state index in [1.807, 2.05) is 0 Å². The molecule has 1 aliphatic heterocycles. The van der Waals surface area contributed by atoms with Gasteiger partial charge in [0.15, 0.2) is 0 Å². The fourth-order valence-corrected chi connectivity index (χ4v) is 6.48. The number of imidazole rings is 1. The lowest BCUT2D eigenvalue weighted by Crippen LogP contribution is -2.49. The number of nitrogens with one attached hydrogen (secondary N) is 1. The van der Waals surface area contributed by atoms with E-state index in [2.05, 4.69) is 152 Å². The quantitative estimate of drug-likeness (QED) is 0.180. The van der Waals surface area contributed by atoms with Crippen molar-refractivity contribution in [3.8, 4) is 22.6 Å². The molecule has 6 rings (SSSR count). The zero-order valence-corrected chi connectivity index (χ0v) is 29.0. The first kappa shape index (κ1) is 36.3. The fraction of sp³-hybridized carbons (Fsp3) is 0.289. The summed E-state index contributed by atoms with van der Waals surface area (Å²) in [5.41, 5.74) is 9.82. The molecule has 0 radical (unpaired) electrons. The molecule has 1 aromatic heterocycles. The van der Waals surface area contributed by atoms with Gasteiger partial charge in [0.1, 0.15) is 5.82 Å². The van der Waals surface area contributed by atoms with Gasteiger partial charge in [0.25, 0.3) is 0 Å². The Morgan fingerprint density at radius 3 is 1.49 bits per heavy atom. The summed E-state index contributed by atoms with van der Waals surface area (Å²) < 4.78 is 0. The van der Waals surface area contributed by atoms with Crippen LogP contribution in [0, 0.1) is 19.8 Å². The molecule has 1 saturated heterocycles. The minimum Gasteiger partial charge on any atom is -0.340 e. The Hall–Kier alpha value is -3.12. The molecule has 5 aromatic rings. The lowest BCUT2D eigenvalue weighted by Gasteiger charge is -2.43. The van der Waals surface area contributed by atoms with E-state index in [0.29, 0.717) is 5.92 Å². The monoisotopic (exact) mass is 662 g/mol. The highest BCUT2D eigenvalue weighted by molar-refractivity contribution is 5.86. The molecule has 4 nitrogen and oxygen atoms in total. The van der Waals surface area contributed by atoms with Crippen molar-refractivity contribution in [2.24, 2.45) is 5.92 Å². The van der Waals surface area contributed by atoms with Crippen LogP contribution in [0.25, 0.3) is 22.6 Å². The fourth-order valence-electron chi connectivity index (χ4n) is 6.48. The van der Waals surface area contributed by atoms with Crippen LogP contribution in [0.15, 0.2) is 109 Å². The summed E-state index contributed by atoms with van der Waals surface area (Å²) in [6.45, 7) is 13.0. The molecule has 1 unspecified atom stereocenters. The number of rotatable bonds is 8. The molecule has 0 bridgehead atoms. The number of aromatic amines is 1. The number of piperazine rings is 1. The van der Waals surface area contributed by atoms with Crippen molar-refractivity contribution in [1.82, 2.24) is 19.8 Å². The molecule has 7 heteroatoms. The zero-order valence-electron chi connectivity index (χ0n) is 26.5. The van der Waals surface area contributed by atoms with Crippen molar-refractivity contribution in [2.45, 2.75) is 39.8 Å². The van der Waals surface area contributed by atoms with Gasteiger partial charge in [-0.05, 0) is 30.9 Å². The van der Waals surface area contributed by atoms with Crippen molar-refractivity contribution in [2.75, 3.05) is 26.2 Å². The predicted octanol–water partition coefficient (Wildman–Crippen LogP) is 9.73. The van der Waals surface area contributed by atoms with Gasteiger partial charge in [-0.25, -0.2) is 4.98 Å². The number of benzene rings is 4. The van der Waals surface area contributed by atoms with E-state index >= 15 is 0 Å². The second kappa shape index (κ2) is 16.4. The van der Waals surface area contributed by atoms with Gasteiger partial charge in [-0.3, -0.25) is 9.80 Å². The minimum atomic E-state index is 0. The molecule has 2 heterocycles. The van der Waals surface area contributed by atoms with Crippen LogP contribution in [-0.4, -0.2) is 45.9 Å². The first-order valence-electron chi connectivity index (χ1n) is 15.3. The van der Waals surface area contributed by atoms with Gasteiger partial charge in [-0.1, -0.05) is 134 Å². The maximum absolute atomic E-state index is 5.24. The van der Waals surface area contributed by atoms with Crippen LogP contribution in [0.5, 0.6) is 0 Å². The van der Waals surface area contributed by atoms with Crippen molar-refractivity contribution < 1.29 is 0 Å². The SMILES string of the molecule is Cc1ccc(-c2nc(-c3ccc(C)cc3)c(C(C(C)C)N3CCN(C(c4ccccc4)c4ccccc4)CC3)[nH]2)cc1.Cl.Cl.Cl. The van der Waals surface area contributed by atoms with Gasteiger partial charge >= 0.3 is 0 Å². The lowest BCUT2D eigenvalue weighted by molar-refractivity contribution is 0.0604. The molecule has 45 heavy (non-hydrogen) atoms. The van der Waals surface area contributed by atoms with Gasteiger partial charge < -0.3 is 4.98 Å². The normalized spacial score (nSPS) is 14.4. The predicted molar refractivity (Wildman–Crippen MR) is 196 cm³/mol. The Bertz CT molecular complexity index is 1540. The maximum Gasteiger partial charge on any atom is 0.138 e. The van der Waals surface area contributed by atoms with Crippen LogP contribution in [0.3, 0.4) is 0 Å². The Morgan fingerprint density at radius 2 is 1.02 bits per heavy atom. The molecule has 1 fully saturated rings. The molecule has 1 N–H and O–H groups in total. The molecular weight excluding hydrogens is 619 g/mol. The first-order valence-corrected chi connectivity index (χ1v) is 15.3. The molecule has 0 aliphatic carbocycles. The van der Waals surface area contributed by atoms with Gasteiger partial charge in [0.2, 0.25) is 0 Å². The molecule has 0 spiro atoms. The van der Waals surface area contributed by atoms with E-state index in [1.54, 1.807) is 0 Å². The third-order valence-corrected chi connectivity index (χ3v) is 8.65. The standard InChI is InChI=1S/C38H42N4.3ClH/c1-27(2)36(35-34(30-19-15-28(3)16-20-30)39-38(40-35)33-21-17-29(4)18-22-33)41-23-25-42(26-24-41)37(31-11-7-5-8-12-31)32-13-9-6-10-14-32;;;/h5-22,27,36-37H,23-26H2,1-4H3,(H,39,40);3*1H. The van der Waals surface area contributed by atoms with Crippen LogP contribution in [0.4, 0.5) is 0 Å². The average Bonchev–Trinajstić information content (AvgIpc) is 3.44. The highest BCUT2D eigenvalue weighted by Crippen LogP contribution is 2.38. The third-order valence-electron chi connectivity index (χ3n) is 8.65. The number of halogens is 3. The summed E-state index contributed by atoms with van der Waals surface area (Å²) in [4.78, 5) is 14.4. The lowest BCUT2D eigenvalue weighted by atomic mass is 9.93. The summed E-state index contributed by atoms with van der Waals surface area (Å²) in [6, 6.07) is 39.9. The van der Waals surface area contributed by atoms with E-state index in [4.69, 9.17) is 4.98 Å². The second-order valence-electron chi connectivity index (χ2n) is 12.1. The van der Waals surface area contributed by atoms with E-state index in [9.17, 15) is 0 Å². The Labute approximate surface area is 287 Å². The van der Waals surface area contributed by atoms with Crippen LogP contribution in [-0.2, 0) is 0 Å². The van der Waals surface area contributed by atoms with Crippen molar-refractivity contribution in [1.29, 1.82) is 0 Å². The molecule has 1 aliphatic rings. The number of aromatic nitrogens is 2. The zero-order chi connectivity index (χ0) is 29.1. The summed E-state index contributed by atoms with van der Waals surface area (Å²) in [7, 11) is 0. The van der Waals surface area contributed by atoms with E-state index in [0.717, 1.165) is 43.3 Å². The number of nitrogens with zero attached hydrogens (tertiary/aromatic N) is 3. The third kappa shape index (κ3) is 8.19. The molecular formula is C38H45Cl3N4. The Morgan fingerprint density at radius 1 is 0.578 bits per heavy atom. The summed E-state index contributed by atoms with van der Waals surface area (Å²) in [5, 5.41) is 0. The molecule has 0 saturated carbocycles.